The van der Waals surface area contributed by atoms with Crippen molar-refractivity contribution in [2.24, 2.45) is 5.92 Å². The Balaban J connectivity index is 2.01. The van der Waals surface area contributed by atoms with E-state index in [1.54, 1.807) is 24.3 Å². The van der Waals surface area contributed by atoms with E-state index in [1.807, 2.05) is 0 Å². The van der Waals surface area contributed by atoms with Gasteiger partial charge in [0.1, 0.15) is 5.82 Å². The Bertz CT molecular complexity index is 817. The van der Waals surface area contributed by atoms with Gasteiger partial charge in [-0.2, -0.15) is 0 Å². The van der Waals surface area contributed by atoms with E-state index >= 15 is 0 Å². The van der Waals surface area contributed by atoms with Crippen molar-refractivity contribution in [3.8, 4) is 0 Å². The van der Waals surface area contributed by atoms with Gasteiger partial charge in [0.2, 0.25) is 0 Å². The molecule has 2 aromatic rings. The molecule has 0 aliphatic heterocycles. The topological polar surface area (TPSA) is 71.4 Å². The summed E-state index contributed by atoms with van der Waals surface area (Å²) in [5.41, 5.74) is 0.400. The maximum atomic E-state index is 13.3. The fourth-order valence-corrected chi connectivity index (χ4v) is 4.99. The number of carboxylic acid groups (broad SMARTS) is 1. The van der Waals surface area contributed by atoms with Crippen LogP contribution in [0, 0.1) is 11.7 Å². The molecule has 0 bridgehead atoms. The van der Waals surface area contributed by atoms with Crippen LogP contribution in [-0.2, 0) is 14.6 Å². The number of sulfone groups is 1. The average molecular weight is 320 g/mol. The maximum absolute atomic E-state index is 13.3. The zero-order chi connectivity index (χ0) is 15.9. The normalized spacial score (nSPS) is 24.0. The molecular weight excluding hydrogens is 307 g/mol. The lowest BCUT2D eigenvalue weighted by atomic mass is 10.1. The second kappa shape index (κ2) is 5.21. The summed E-state index contributed by atoms with van der Waals surface area (Å²) in [5, 5.41) is 8.22. The molecule has 0 amide bonds. The monoisotopic (exact) mass is 320 g/mol. The summed E-state index contributed by atoms with van der Waals surface area (Å²) in [5.74, 6) is -3.46. The van der Waals surface area contributed by atoms with Crippen molar-refractivity contribution in [3.63, 3.8) is 0 Å². The molecule has 0 radical (unpaired) electrons. The quantitative estimate of drug-likeness (QED) is 0.939. The van der Waals surface area contributed by atoms with Crippen LogP contribution in [0.25, 0.3) is 0 Å². The van der Waals surface area contributed by atoms with Crippen molar-refractivity contribution in [2.45, 2.75) is 16.1 Å². The van der Waals surface area contributed by atoms with E-state index in [4.69, 9.17) is 0 Å². The predicted octanol–water partition coefficient (Wildman–Crippen LogP) is 2.47. The molecule has 1 aliphatic rings. The first kappa shape index (κ1) is 14.7. The van der Waals surface area contributed by atoms with Crippen molar-refractivity contribution >= 4 is 15.8 Å². The summed E-state index contributed by atoms with van der Waals surface area (Å²) in [6.07, 6.45) is 0. The Morgan fingerprint density at radius 2 is 1.73 bits per heavy atom. The van der Waals surface area contributed by atoms with E-state index in [-0.39, 0.29) is 4.90 Å². The Labute approximate surface area is 127 Å². The number of aliphatic carboxylic acids is 1. The van der Waals surface area contributed by atoms with Gasteiger partial charge < -0.3 is 5.11 Å². The number of hydrogen-bond acceptors (Lipinski definition) is 3. The zero-order valence-electron chi connectivity index (χ0n) is 11.4. The van der Waals surface area contributed by atoms with Gasteiger partial charge in [-0.25, -0.2) is 12.8 Å². The van der Waals surface area contributed by atoms with Crippen LogP contribution in [0.4, 0.5) is 4.39 Å². The second-order valence-corrected chi connectivity index (χ2v) is 7.37. The summed E-state index contributed by atoms with van der Waals surface area (Å²) in [4.78, 5) is 11.4. The average Bonchev–Trinajstić information content (AvgIpc) is 3.25. The van der Waals surface area contributed by atoms with Gasteiger partial charge in [0.25, 0.3) is 0 Å². The molecule has 6 heteroatoms. The number of hydrogen-bond donors (Lipinski definition) is 1. The van der Waals surface area contributed by atoms with Crippen molar-refractivity contribution in [2.75, 3.05) is 0 Å². The number of carbonyl (C=O) groups is 1. The highest BCUT2D eigenvalue weighted by Gasteiger charge is 2.63. The van der Waals surface area contributed by atoms with Crippen LogP contribution in [0.1, 0.15) is 11.5 Å². The van der Waals surface area contributed by atoms with Crippen molar-refractivity contribution in [3.05, 3.63) is 66.0 Å². The van der Waals surface area contributed by atoms with Gasteiger partial charge in [0, 0.05) is 5.92 Å². The minimum absolute atomic E-state index is 0.0881. The molecule has 114 valence electrons. The van der Waals surface area contributed by atoms with E-state index in [9.17, 15) is 22.7 Å². The number of carboxylic acids is 1. The van der Waals surface area contributed by atoms with Gasteiger partial charge in [0.05, 0.1) is 16.1 Å². The van der Waals surface area contributed by atoms with Gasteiger partial charge in [-0.3, -0.25) is 4.79 Å². The first-order valence-corrected chi connectivity index (χ1v) is 8.25. The van der Waals surface area contributed by atoms with E-state index in [1.165, 1.54) is 30.3 Å². The highest BCUT2D eigenvalue weighted by Crippen LogP contribution is 2.54. The van der Waals surface area contributed by atoms with Gasteiger partial charge >= 0.3 is 5.97 Å². The third-order valence-corrected chi connectivity index (χ3v) is 6.13. The highest BCUT2D eigenvalue weighted by molar-refractivity contribution is 7.92. The van der Waals surface area contributed by atoms with E-state index in [2.05, 4.69) is 0 Å². The molecule has 0 heterocycles. The molecule has 1 aliphatic carbocycles. The van der Waals surface area contributed by atoms with Crippen LogP contribution in [0.2, 0.25) is 0 Å². The van der Waals surface area contributed by atoms with Crippen LogP contribution < -0.4 is 0 Å². The third-order valence-electron chi connectivity index (χ3n) is 3.90. The third kappa shape index (κ3) is 2.39. The van der Waals surface area contributed by atoms with E-state index < -0.39 is 38.7 Å². The Morgan fingerprint density at radius 3 is 2.32 bits per heavy atom. The Hall–Kier alpha value is -2.21. The molecule has 1 N–H and O–H groups in total. The molecule has 0 saturated heterocycles. The minimum atomic E-state index is -3.77. The van der Waals surface area contributed by atoms with Gasteiger partial charge in [-0.1, -0.05) is 30.3 Å². The smallest absolute Gasteiger partial charge is 0.308 e. The molecule has 3 atom stereocenters. The summed E-state index contributed by atoms with van der Waals surface area (Å²) >= 11 is 0. The standard InChI is InChI=1S/C16H13FO4S/c17-11-6-4-5-10(9-11)13-14(16(18)19)15(13)22(20,21)12-7-2-1-3-8-12/h1-9,13-15H,(H,18,19)/t13-,14+,15+/m0/s1. The first-order chi connectivity index (χ1) is 10.4. The van der Waals surface area contributed by atoms with Crippen LogP contribution in [-0.4, -0.2) is 24.7 Å². The highest BCUT2D eigenvalue weighted by atomic mass is 32.2. The number of benzene rings is 2. The molecule has 22 heavy (non-hydrogen) atoms. The van der Waals surface area contributed by atoms with Crippen LogP contribution in [0.5, 0.6) is 0 Å². The molecular formula is C16H13FO4S. The van der Waals surface area contributed by atoms with Crippen molar-refractivity contribution in [1.29, 1.82) is 0 Å². The zero-order valence-corrected chi connectivity index (χ0v) is 12.2. The second-order valence-electron chi connectivity index (χ2n) is 5.27. The number of halogens is 1. The van der Waals surface area contributed by atoms with E-state index in [0.717, 1.165) is 0 Å². The molecule has 2 aromatic carbocycles. The van der Waals surface area contributed by atoms with Crippen LogP contribution >= 0.6 is 0 Å². The summed E-state index contributed by atoms with van der Waals surface area (Å²) in [6, 6.07) is 13.2. The lowest BCUT2D eigenvalue weighted by Crippen LogP contribution is -2.13. The molecule has 4 nitrogen and oxygen atoms in total. The summed E-state index contributed by atoms with van der Waals surface area (Å²) in [6.45, 7) is 0. The fraction of sp³-hybridized carbons (Fsp3) is 0.188. The largest absolute Gasteiger partial charge is 0.481 e. The number of rotatable bonds is 4. The predicted molar refractivity (Wildman–Crippen MR) is 77.7 cm³/mol. The maximum Gasteiger partial charge on any atom is 0.308 e. The molecule has 3 rings (SSSR count). The summed E-state index contributed by atoms with van der Waals surface area (Å²) < 4.78 is 38.6. The fourth-order valence-electron chi connectivity index (χ4n) is 2.84. The molecule has 0 spiro atoms. The van der Waals surface area contributed by atoms with Crippen molar-refractivity contribution < 1.29 is 22.7 Å². The van der Waals surface area contributed by atoms with Crippen molar-refractivity contribution in [1.82, 2.24) is 0 Å². The Morgan fingerprint density at radius 1 is 1.05 bits per heavy atom. The van der Waals surface area contributed by atoms with Crippen LogP contribution in [0.3, 0.4) is 0 Å². The van der Waals surface area contributed by atoms with E-state index in [0.29, 0.717) is 5.56 Å². The molecule has 0 unspecified atom stereocenters. The van der Waals surface area contributed by atoms with Crippen LogP contribution in [0.15, 0.2) is 59.5 Å². The SMILES string of the molecule is O=C(O)[C@@H]1[C@H](c2cccc(F)c2)[C@H]1S(=O)(=O)c1ccccc1. The molecule has 0 aromatic heterocycles. The van der Waals surface area contributed by atoms with Gasteiger partial charge in [-0.05, 0) is 29.8 Å². The molecule has 1 fully saturated rings. The minimum Gasteiger partial charge on any atom is -0.481 e. The summed E-state index contributed by atoms with van der Waals surface area (Å²) in [7, 11) is -3.77. The first-order valence-electron chi connectivity index (χ1n) is 6.70. The lowest BCUT2D eigenvalue weighted by Gasteiger charge is -2.04. The lowest BCUT2D eigenvalue weighted by molar-refractivity contribution is -0.138. The molecule has 1 saturated carbocycles. The van der Waals surface area contributed by atoms with Gasteiger partial charge in [-0.15, -0.1) is 0 Å². The Kier molecular flexibility index (Phi) is 3.48. The van der Waals surface area contributed by atoms with Gasteiger partial charge in [0.15, 0.2) is 9.84 Å².